The van der Waals surface area contributed by atoms with E-state index in [-0.39, 0.29) is 0 Å². The van der Waals surface area contributed by atoms with Gasteiger partial charge in [0.15, 0.2) is 0 Å². The highest BCUT2D eigenvalue weighted by Gasteiger charge is 2.07. The van der Waals surface area contributed by atoms with E-state index in [1.54, 1.807) is 4.68 Å². The number of nitrogens with zero attached hydrogens (tertiary/aromatic N) is 4. The van der Waals surface area contributed by atoms with E-state index in [1.165, 1.54) is 11.5 Å². The number of nitrogens with one attached hydrogen (secondary N) is 1. The Kier molecular flexibility index (Phi) is 3.19. The molecule has 6 heteroatoms. The van der Waals surface area contributed by atoms with Gasteiger partial charge in [-0.05, 0) is 6.07 Å². The molecule has 0 unspecified atom stereocenters. The van der Waals surface area contributed by atoms with Crippen molar-refractivity contribution in [2.75, 3.05) is 5.32 Å². The van der Waals surface area contributed by atoms with Crippen molar-refractivity contribution in [3.63, 3.8) is 0 Å². The Bertz CT molecular complexity index is 459. The maximum Gasteiger partial charge on any atom is 0.202 e. The summed E-state index contributed by atoms with van der Waals surface area (Å²) in [6.07, 6.45) is 1.93. The molecule has 2 rings (SSSR count). The molecule has 0 atom stereocenters. The Hall–Kier alpha value is -1.43. The Morgan fingerprint density at radius 2 is 2.31 bits per heavy atom. The van der Waals surface area contributed by atoms with Gasteiger partial charge in [0.2, 0.25) is 5.13 Å². The fraction of sp³-hybridized carbons (Fsp3) is 0.500. The third kappa shape index (κ3) is 2.57. The average Bonchev–Trinajstić information content (AvgIpc) is 2.83. The monoisotopic (exact) mass is 237 g/mol. The van der Waals surface area contributed by atoms with Crippen LogP contribution in [0.25, 0.3) is 0 Å². The summed E-state index contributed by atoms with van der Waals surface area (Å²) < 4.78 is 6.06. The molecule has 16 heavy (non-hydrogen) atoms. The van der Waals surface area contributed by atoms with Crippen LogP contribution in [0, 0.1) is 0 Å². The lowest BCUT2D eigenvalue weighted by Crippen LogP contribution is -2.01. The van der Waals surface area contributed by atoms with Crippen molar-refractivity contribution in [1.29, 1.82) is 0 Å². The molecule has 2 heterocycles. The highest BCUT2D eigenvalue weighted by molar-refractivity contribution is 7.09. The van der Waals surface area contributed by atoms with Crippen LogP contribution in [0.5, 0.6) is 0 Å². The van der Waals surface area contributed by atoms with E-state index in [0.717, 1.165) is 16.6 Å². The molecular formula is C10H15N5S. The van der Waals surface area contributed by atoms with Crippen LogP contribution in [0.15, 0.2) is 12.3 Å². The summed E-state index contributed by atoms with van der Waals surface area (Å²) in [5.41, 5.74) is 1.00. The highest BCUT2D eigenvalue weighted by atomic mass is 32.1. The van der Waals surface area contributed by atoms with Crippen molar-refractivity contribution in [2.24, 2.45) is 7.05 Å². The molecule has 2 aromatic heterocycles. The second kappa shape index (κ2) is 4.61. The fourth-order valence-corrected chi connectivity index (χ4v) is 1.97. The summed E-state index contributed by atoms with van der Waals surface area (Å²) in [6.45, 7) is 4.86. The van der Waals surface area contributed by atoms with Crippen molar-refractivity contribution >= 4 is 16.7 Å². The van der Waals surface area contributed by atoms with Crippen LogP contribution in [0.3, 0.4) is 0 Å². The lowest BCUT2D eigenvalue weighted by molar-refractivity contribution is 0.747. The van der Waals surface area contributed by atoms with Gasteiger partial charge >= 0.3 is 0 Å². The summed E-state index contributed by atoms with van der Waals surface area (Å²) in [5.74, 6) is 1.27. The highest BCUT2D eigenvalue weighted by Crippen LogP contribution is 2.17. The van der Waals surface area contributed by atoms with Crippen LogP contribution in [-0.4, -0.2) is 19.1 Å². The van der Waals surface area contributed by atoms with E-state index in [2.05, 4.69) is 33.6 Å². The molecule has 0 spiro atoms. The Morgan fingerprint density at radius 3 is 2.88 bits per heavy atom. The Morgan fingerprint density at radius 1 is 1.50 bits per heavy atom. The number of aromatic nitrogens is 4. The third-order valence-corrected chi connectivity index (χ3v) is 2.83. The van der Waals surface area contributed by atoms with Gasteiger partial charge in [0.25, 0.3) is 0 Å². The predicted octanol–water partition coefficient (Wildman–Crippen LogP) is 2.01. The number of anilines is 1. The molecule has 0 radical (unpaired) electrons. The van der Waals surface area contributed by atoms with Gasteiger partial charge in [0.05, 0.1) is 12.2 Å². The summed E-state index contributed by atoms with van der Waals surface area (Å²) in [7, 11) is 1.91. The van der Waals surface area contributed by atoms with Crippen LogP contribution in [0.1, 0.15) is 31.3 Å². The van der Waals surface area contributed by atoms with Gasteiger partial charge in [-0.1, -0.05) is 13.8 Å². The van der Waals surface area contributed by atoms with Crippen LogP contribution in [0.2, 0.25) is 0 Å². The largest absolute Gasteiger partial charge is 0.355 e. The summed E-state index contributed by atoms with van der Waals surface area (Å²) >= 11 is 1.40. The topological polar surface area (TPSA) is 55.6 Å². The van der Waals surface area contributed by atoms with Gasteiger partial charge in [-0.15, -0.1) is 0 Å². The molecule has 0 bridgehead atoms. The second-order valence-corrected chi connectivity index (χ2v) is 4.70. The molecule has 5 nitrogen and oxygen atoms in total. The number of rotatable bonds is 4. The Balaban J connectivity index is 1.94. The van der Waals surface area contributed by atoms with Gasteiger partial charge in [-0.2, -0.15) is 9.47 Å². The number of aryl methyl sites for hydroxylation is 1. The molecular weight excluding hydrogens is 222 g/mol. The normalized spacial score (nSPS) is 11.0. The number of hydrogen-bond donors (Lipinski definition) is 1. The second-order valence-electron chi connectivity index (χ2n) is 3.95. The van der Waals surface area contributed by atoms with Crippen molar-refractivity contribution < 1.29 is 0 Å². The molecule has 0 aliphatic rings. The van der Waals surface area contributed by atoms with Gasteiger partial charge in [-0.3, -0.25) is 4.68 Å². The average molecular weight is 237 g/mol. The first-order valence-corrected chi connectivity index (χ1v) is 5.98. The van der Waals surface area contributed by atoms with Crippen LogP contribution in [-0.2, 0) is 13.6 Å². The number of hydrogen-bond acceptors (Lipinski definition) is 5. The van der Waals surface area contributed by atoms with Crippen LogP contribution in [0.4, 0.5) is 5.13 Å². The first-order chi connectivity index (χ1) is 7.65. The van der Waals surface area contributed by atoms with Crippen molar-refractivity contribution in [3.8, 4) is 0 Å². The molecule has 1 N–H and O–H groups in total. The Labute approximate surface area is 98.7 Å². The summed E-state index contributed by atoms with van der Waals surface area (Å²) in [4.78, 5) is 4.39. The van der Waals surface area contributed by atoms with E-state index < -0.39 is 0 Å². The van der Waals surface area contributed by atoms with Gasteiger partial charge in [-0.25, -0.2) is 4.98 Å². The maximum absolute atomic E-state index is 4.39. The SMILES string of the molecule is CC(C)c1nsc(NCc2ccn(C)n2)n1. The molecule has 0 fully saturated rings. The van der Waals surface area contributed by atoms with Crippen LogP contribution >= 0.6 is 11.5 Å². The third-order valence-electron chi connectivity index (χ3n) is 2.15. The van der Waals surface area contributed by atoms with E-state index in [4.69, 9.17) is 0 Å². The zero-order chi connectivity index (χ0) is 11.5. The minimum absolute atomic E-state index is 0.377. The summed E-state index contributed by atoms with van der Waals surface area (Å²) in [5, 5.41) is 8.35. The smallest absolute Gasteiger partial charge is 0.202 e. The van der Waals surface area contributed by atoms with Crippen molar-refractivity contribution in [3.05, 3.63) is 23.8 Å². The quantitative estimate of drug-likeness (QED) is 0.883. The minimum atomic E-state index is 0.377. The molecule has 0 aliphatic carbocycles. The zero-order valence-corrected chi connectivity index (χ0v) is 10.5. The predicted molar refractivity (Wildman–Crippen MR) is 64.5 cm³/mol. The van der Waals surface area contributed by atoms with E-state index >= 15 is 0 Å². The standard InChI is InChI=1S/C10H15N5S/c1-7(2)9-12-10(16-14-9)11-6-8-4-5-15(3)13-8/h4-5,7H,6H2,1-3H3,(H,11,12,14). The molecule has 2 aromatic rings. The van der Waals surface area contributed by atoms with Crippen molar-refractivity contribution in [1.82, 2.24) is 19.1 Å². The minimum Gasteiger partial charge on any atom is -0.355 e. The van der Waals surface area contributed by atoms with Gasteiger partial charge < -0.3 is 5.32 Å². The van der Waals surface area contributed by atoms with E-state index in [1.807, 2.05) is 19.3 Å². The maximum atomic E-state index is 4.39. The molecule has 0 saturated carbocycles. The zero-order valence-electron chi connectivity index (χ0n) is 9.64. The molecule has 0 aromatic carbocycles. The first-order valence-electron chi connectivity index (χ1n) is 5.21. The summed E-state index contributed by atoms with van der Waals surface area (Å²) in [6, 6.07) is 1.98. The molecule has 0 amide bonds. The first kappa shape index (κ1) is 11.1. The van der Waals surface area contributed by atoms with Gasteiger partial charge in [0.1, 0.15) is 5.82 Å². The fourth-order valence-electron chi connectivity index (χ4n) is 1.26. The van der Waals surface area contributed by atoms with E-state index in [9.17, 15) is 0 Å². The van der Waals surface area contributed by atoms with E-state index in [0.29, 0.717) is 12.5 Å². The van der Waals surface area contributed by atoms with Gasteiger partial charge in [0, 0.05) is 30.7 Å². The molecule has 0 saturated heterocycles. The molecule has 0 aliphatic heterocycles. The lowest BCUT2D eigenvalue weighted by Gasteiger charge is -1.98. The van der Waals surface area contributed by atoms with Crippen LogP contribution < -0.4 is 5.32 Å². The molecule has 86 valence electrons. The van der Waals surface area contributed by atoms with Crippen molar-refractivity contribution in [2.45, 2.75) is 26.3 Å². The lowest BCUT2D eigenvalue weighted by atomic mass is 10.2.